The molecule has 34 heavy (non-hydrogen) atoms. The molecule has 0 saturated carbocycles. The normalized spacial score (nSPS) is 14.8. The number of nitrogens with zero attached hydrogens (tertiary/aromatic N) is 4. The summed E-state index contributed by atoms with van der Waals surface area (Å²) in [5.41, 5.74) is 3.01. The summed E-state index contributed by atoms with van der Waals surface area (Å²) < 4.78 is 29.3. The number of piperidine rings is 1. The maximum absolute atomic E-state index is 12.9. The van der Waals surface area contributed by atoms with Crippen LogP contribution in [-0.4, -0.2) is 46.3 Å². The molecular formula is C25H25N5O3S. The average Bonchev–Trinajstić information content (AvgIpc) is 3.32. The number of amides is 1. The van der Waals surface area contributed by atoms with Crippen LogP contribution in [0.2, 0.25) is 0 Å². The number of fused-ring (bicyclic) bond motifs is 1. The van der Waals surface area contributed by atoms with E-state index in [9.17, 15) is 13.2 Å². The Balaban J connectivity index is 1.26. The van der Waals surface area contributed by atoms with Gasteiger partial charge >= 0.3 is 0 Å². The van der Waals surface area contributed by atoms with Crippen LogP contribution in [0, 0.1) is 0 Å². The van der Waals surface area contributed by atoms with E-state index < -0.39 is 10.0 Å². The Morgan fingerprint density at radius 3 is 2.56 bits per heavy atom. The summed E-state index contributed by atoms with van der Waals surface area (Å²) in [6.45, 7) is 1.33. The predicted octanol–water partition coefficient (Wildman–Crippen LogP) is 3.53. The van der Waals surface area contributed by atoms with Gasteiger partial charge in [0.05, 0.1) is 15.9 Å². The van der Waals surface area contributed by atoms with Gasteiger partial charge in [0.2, 0.25) is 10.0 Å². The number of rotatable bonds is 6. The molecule has 0 unspecified atom stereocenters. The van der Waals surface area contributed by atoms with Crippen molar-refractivity contribution >= 4 is 27.0 Å². The van der Waals surface area contributed by atoms with E-state index in [0.717, 1.165) is 41.7 Å². The quantitative estimate of drug-likeness (QED) is 0.460. The molecule has 9 heteroatoms. The van der Waals surface area contributed by atoms with Crippen LogP contribution in [-0.2, 0) is 16.6 Å². The van der Waals surface area contributed by atoms with E-state index in [-0.39, 0.29) is 17.3 Å². The zero-order chi connectivity index (χ0) is 23.5. The van der Waals surface area contributed by atoms with E-state index in [1.54, 1.807) is 30.7 Å². The Morgan fingerprint density at radius 1 is 0.941 bits per heavy atom. The molecule has 174 valence electrons. The molecule has 1 saturated heterocycles. The third-order valence-corrected chi connectivity index (χ3v) is 7.91. The van der Waals surface area contributed by atoms with Crippen LogP contribution in [0.1, 0.15) is 35.2 Å². The minimum atomic E-state index is -3.59. The highest BCUT2D eigenvalue weighted by molar-refractivity contribution is 7.89. The van der Waals surface area contributed by atoms with Gasteiger partial charge in [0.1, 0.15) is 12.1 Å². The van der Waals surface area contributed by atoms with Gasteiger partial charge in [0.25, 0.3) is 5.91 Å². The Morgan fingerprint density at radius 2 is 1.76 bits per heavy atom. The van der Waals surface area contributed by atoms with E-state index in [0.29, 0.717) is 18.7 Å². The monoisotopic (exact) mass is 475 g/mol. The molecule has 2 aromatic carbocycles. The number of nitrogens with one attached hydrogen (secondary N) is 1. The Labute approximate surface area is 198 Å². The van der Waals surface area contributed by atoms with Crippen molar-refractivity contribution in [2.75, 3.05) is 13.1 Å². The molecule has 0 atom stereocenters. The largest absolute Gasteiger partial charge is 0.348 e. The summed E-state index contributed by atoms with van der Waals surface area (Å²) in [5, 5.41) is 2.85. The lowest BCUT2D eigenvalue weighted by molar-refractivity contribution is 0.0950. The lowest BCUT2D eigenvalue weighted by atomic mass is 10.2. The van der Waals surface area contributed by atoms with Crippen molar-refractivity contribution in [3.8, 4) is 5.82 Å². The van der Waals surface area contributed by atoms with Crippen LogP contribution in [0.15, 0.2) is 78.1 Å². The lowest BCUT2D eigenvalue weighted by Crippen LogP contribution is -2.35. The number of aromatic nitrogens is 3. The minimum Gasteiger partial charge on any atom is -0.348 e. The standard InChI is InChI=1S/C25H25N5O3S/c31-25(20-7-6-8-21(15-20)34(32,33)29-13-4-1-5-14-29)27-17-19-11-12-24(26-16-19)30-18-28-22-9-2-3-10-23(22)30/h2-3,6-12,15-16,18H,1,4-5,13-14,17H2,(H,27,31). The Kier molecular flexibility index (Phi) is 6.12. The lowest BCUT2D eigenvalue weighted by Gasteiger charge is -2.26. The van der Waals surface area contributed by atoms with Gasteiger partial charge in [0.15, 0.2) is 0 Å². The number of para-hydroxylation sites is 2. The molecule has 1 N–H and O–H groups in total. The smallest absolute Gasteiger partial charge is 0.251 e. The molecule has 0 bridgehead atoms. The molecule has 8 nitrogen and oxygen atoms in total. The first-order valence-electron chi connectivity index (χ1n) is 11.3. The van der Waals surface area contributed by atoms with E-state index in [1.807, 2.05) is 41.0 Å². The third-order valence-electron chi connectivity index (χ3n) is 6.01. The Bertz CT molecular complexity index is 1420. The molecule has 2 aromatic heterocycles. The zero-order valence-electron chi connectivity index (χ0n) is 18.6. The van der Waals surface area contributed by atoms with E-state index in [2.05, 4.69) is 15.3 Å². The SMILES string of the molecule is O=C(NCc1ccc(-n2cnc3ccccc32)nc1)c1cccc(S(=O)(=O)N2CCCCC2)c1. The van der Waals surface area contributed by atoms with E-state index >= 15 is 0 Å². The number of carbonyl (C=O) groups is 1. The first-order valence-corrected chi connectivity index (χ1v) is 12.7. The number of benzene rings is 2. The second kappa shape index (κ2) is 9.36. The van der Waals surface area contributed by atoms with Gasteiger partial charge in [-0.05, 0) is 54.8 Å². The molecule has 0 aliphatic carbocycles. The predicted molar refractivity (Wildman–Crippen MR) is 129 cm³/mol. The summed E-state index contributed by atoms with van der Waals surface area (Å²) in [7, 11) is -3.59. The van der Waals surface area contributed by atoms with Crippen LogP contribution in [0.4, 0.5) is 0 Å². The van der Waals surface area contributed by atoms with Crippen molar-refractivity contribution in [1.82, 2.24) is 24.2 Å². The topological polar surface area (TPSA) is 97.2 Å². The molecule has 1 fully saturated rings. The highest BCUT2D eigenvalue weighted by Crippen LogP contribution is 2.21. The second-order valence-electron chi connectivity index (χ2n) is 8.30. The maximum Gasteiger partial charge on any atom is 0.251 e. The van der Waals surface area contributed by atoms with Crippen molar-refractivity contribution in [3.63, 3.8) is 0 Å². The van der Waals surface area contributed by atoms with Crippen LogP contribution in [0.5, 0.6) is 0 Å². The van der Waals surface area contributed by atoms with Gasteiger partial charge in [-0.3, -0.25) is 9.36 Å². The average molecular weight is 476 g/mol. The number of hydrogen-bond donors (Lipinski definition) is 1. The van der Waals surface area contributed by atoms with Gasteiger partial charge in [0, 0.05) is 31.4 Å². The molecule has 1 amide bonds. The van der Waals surface area contributed by atoms with Gasteiger partial charge in [-0.1, -0.05) is 30.7 Å². The van der Waals surface area contributed by atoms with Crippen molar-refractivity contribution in [2.24, 2.45) is 0 Å². The fourth-order valence-corrected chi connectivity index (χ4v) is 5.71. The highest BCUT2D eigenvalue weighted by atomic mass is 32.2. The molecule has 4 aromatic rings. The number of pyridine rings is 1. The maximum atomic E-state index is 12.9. The van der Waals surface area contributed by atoms with Gasteiger partial charge in [-0.2, -0.15) is 4.31 Å². The van der Waals surface area contributed by atoms with E-state index in [1.165, 1.54) is 10.4 Å². The van der Waals surface area contributed by atoms with Crippen LogP contribution < -0.4 is 5.32 Å². The second-order valence-corrected chi connectivity index (χ2v) is 10.2. The summed E-state index contributed by atoms with van der Waals surface area (Å²) in [6.07, 6.45) is 6.22. The zero-order valence-corrected chi connectivity index (χ0v) is 19.4. The fourth-order valence-electron chi connectivity index (χ4n) is 4.14. The molecule has 5 rings (SSSR count). The van der Waals surface area contributed by atoms with Crippen molar-refractivity contribution in [3.05, 3.63) is 84.3 Å². The molecule has 3 heterocycles. The van der Waals surface area contributed by atoms with Crippen LogP contribution in [0.25, 0.3) is 16.9 Å². The number of carbonyl (C=O) groups excluding carboxylic acids is 1. The summed E-state index contributed by atoms with van der Waals surface area (Å²) in [5.74, 6) is 0.403. The number of hydrogen-bond acceptors (Lipinski definition) is 5. The molecule has 0 spiro atoms. The van der Waals surface area contributed by atoms with Crippen LogP contribution >= 0.6 is 0 Å². The van der Waals surface area contributed by atoms with Crippen LogP contribution in [0.3, 0.4) is 0 Å². The number of imidazole rings is 1. The first kappa shape index (κ1) is 22.2. The fraction of sp³-hybridized carbons (Fsp3) is 0.240. The van der Waals surface area contributed by atoms with Gasteiger partial charge < -0.3 is 5.32 Å². The summed E-state index contributed by atoms with van der Waals surface area (Å²) in [4.78, 5) is 21.8. The van der Waals surface area contributed by atoms with Crippen molar-refractivity contribution in [2.45, 2.75) is 30.7 Å². The van der Waals surface area contributed by atoms with Crippen molar-refractivity contribution in [1.29, 1.82) is 0 Å². The van der Waals surface area contributed by atoms with Crippen molar-refractivity contribution < 1.29 is 13.2 Å². The number of sulfonamides is 1. The Hall–Kier alpha value is -3.56. The first-order chi connectivity index (χ1) is 16.5. The van der Waals surface area contributed by atoms with Gasteiger partial charge in [-0.15, -0.1) is 0 Å². The minimum absolute atomic E-state index is 0.153. The molecule has 1 aliphatic heterocycles. The molecule has 0 radical (unpaired) electrons. The molecule has 1 aliphatic rings. The molecular weight excluding hydrogens is 450 g/mol. The third kappa shape index (κ3) is 4.44. The summed E-state index contributed by atoms with van der Waals surface area (Å²) >= 11 is 0. The highest BCUT2D eigenvalue weighted by Gasteiger charge is 2.26. The van der Waals surface area contributed by atoms with Gasteiger partial charge in [-0.25, -0.2) is 18.4 Å². The summed E-state index contributed by atoms with van der Waals surface area (Å²) in [6, 6.07) is 17.8. The van der Waals surface area contributed by atoms with E-state index in [4.69, 9.17) is 0 Å².